The van der Waals surface area contributed by atoms with Crippen molar-refractivity contribution in [3.05, 3.63) is 30.3 Å². The van der Waals surface area contributed by atoms with E-state index in [4.69, 9.17) is 9.47 Å². The third kappa shape index (κ3) is 2.83. The Balaban J connectivity index is 1.44. The van der Waals surface area contributed by atoms with Gasteiger partial charge in [-0.25, -0.2) is 0 Å². The van der Waals surface area contributed by atoms with Crippen molar-refractivity contribution in [3.63, 3.8) is 0 Å². The van der Waals surface area contributed by atoms with Crippen molar-refractivity contribution in [1.82, 2.24) is 4.90 Å². The van der Waals surface area contributed by atoms with Crippen LogP contribution in [0.2, 0.25) is 0 Å². The highest BCUT2D eigenvalue weighted by Gasteiger charge is 2.59. The topological polar surface area (TPSA) is 59.1 Å². The standard InChI is InChI=1S/C19H24N2O4/c1-20(15-5-3-2-4-6-15)16(22)18(7-8-18)17(23)21-11-9-19(10-12-21)24-13-14-25-19/h2-6H,7-14H2,1H3. The Bertz CT molecular complexity index is 655. The molecule has 0 atom stereocenters. The van der Waals surface area contributed by atoms with Crippen molar-refractivity contribution in [2.75, 3.05) is 38.3 Å². The normalized spacial score (nSPS) is 23.5. The van der Waals surface area contributed by atoms with Crippen molar-refractivity contribution in [1.29, 1.82) is 0 Å². The third-order valence-electron chi connectivity index (χ3n) is 5.64. The fourth-order valence-electron chi connectivity index (χ4n) is 3.87. The maximum atomic E-state index is 13.1. The number of rotatable bonds is 3. The number of hydrogen-bond acceptors (Lipinski definition) is 4. The van der Waals surface area contributed by atoms with Crippen LogP contribution in [0.3, 0.4) is 0 Å². The van der Waals surface area contributed by atoms with Crippen molar-refractivity contribution < 1.29 is 19.1 Å². The number of para-hydroxylation sites is 1. The van der Waals surface area contributed by atoms with Crippen molar-refractivity contribution in [3.8, 4) is 0 Å². The molecule has 1 aromatic carbocycles. The van der Waals surface area contributed by atoms with E-state index in [1.54, 1.807) is 11.9 Å². The van der Waals surface area contributed by atoms with E-state index in [1.165, 1.54) is 0 Å². The smallest absolute Gasteiger partial charge is 0.242 e. The van der Waals surface area contributed by atoms with E-state index in [0.29, 0.717) is 52.0 Å². The fraction of sp³-hybridized carbons (Fsp3) is 0.579. The molecule has 0 aromatic heterocycles. The Morgan fingerprint density at radius 1 is 1.00 bits per heavy atom. The van der Waals surface area contributed by atoms with Gasteiger partial charge < -0.3 is 19.3 Å². The van der Waals surface area contributed by atoms with E-state index in [-0.39, 0.29) is 11.8 Å². The Hall–Kier alpha value is -1.92. The molecule has 134 valence electrons. The van der Waals surface area contributed by atoms with Crippen molar-refractivity contribution in [2.24, 2.45) is 5.41 Å². The van der Waals surface area contributed by atoms with E-state index in [0.717, 1.165) is 5.69 Å². The molecule has 3 aliphatic rings. The highest BCUT2D eigenvalue weighted by atomic mass is 16.7. The SMILES string of the molecule is CN(C(=O)C1(C(=O)N2CCC3(CC2)OCCO3)CC1)c1ccccc1. The van der Waals surface area contributed by atoms with Gasteiger partial charge in [-0.1, -0.05) is 18.2 Å². The number of ether oxygens (including phenoxy) is 2. The van der Waals surface area contributed by atoms with Crippen LogP contribution in [0.4, 0.5) is 5.69 Å². The molecule has 25 heavy (non-hydrogen) atoms. The van der Waals surface area contributed by atoms with Crippen LogP contribution in [0.15, 0.2) is 30.3 Å². The second-order valence-electron chi connectivity index (χ2n) is 7.18. The molecule has 6 nitrogen and oxygen atoms in total. The minimum absolute atomic E-state index is 0.0341. The quantitative estimate of drug-likeness (QED) is 0.785. The largest absolute Gasteiger partial charge is 0.347 e. The van der Waals surface area contributed by atoms with E-state index in [2.05, 4.69) is 0 Å². The first-order chi connectivity index (χ1) is 12.1. The van der Waals surface area contributed by atoms with Gasteiger partial charge in [0.25, 0.3) is 0 Å². The molecule has 2 amide bonds. The fourth-order valence-corrected chi connectivity index (χ4v) is 3.87. The molecule has 0 unspecified atom stereocenters. The summed E-state index contributed by atoms with van der Waals surface area (Å²) in [6.07, 6.45) is 2.63. The van der Waals surface area contributed by atoms with Gasteiger partial charge in [-0.15, -0.1) is 0 Å². The molecule has 3 fully saturated rings. The van der Waals surface area contributed by atoms with E-state index in [1.807, 2.05) is 35.2 Å². The average Bonchev–Trinajstić information content (AvgIpc) is 3.36. The van der Waals surface area contributed by atoms with Crippen LogP contribution >= 0.6 is 0 Å². The summed E-state index contributed by atoms with van der Waals surface area (Å²) in [5, 5.41) is 0. The number of hydrogen-bond donors (Lipinski definition) is 0. The number of carbonyl (C=O) groups excluding carboxylic acids is 2. The summed E-state index contributed by atoms with van der Waals surface area (Å²) in [5.41, 5.74) is -0.0520. The van der Waals surface area contributed by atoms with Gasteiger partial charge in [0, 0.05) is 38.7 Å². The minimum atomic E-state index is -0.869. The molecule has 2 heterocycles. The van der Waals surface area contributed by atoms with Crippen LogP contribution in [-0.4, -0.2) is 55.9 Å². The second-order valence-corrected chi connectivity index (χ2v) is 7.18. The molecular weight excluding hydrogens is 320 g/mol. The first kappa shape index (κ1) is 16.5. The summed E-state index contributed by atoms with van der Waals surface area (Å²) in [5.74, 6) is -0.635. The van der Waals surface area contributed by atoms with Gasteiger partial charge in [0.2, 0.25) is 11.8 Å². The predicted molar refractivity (Wildman–Crippen MR) is 92.0 cm³/mol. The van der Waals surface area contributed by atoms with Crippen LogP contribution in [0.1, 0.15) is 25.7 Å². The average molecular weight is 344 g/mol. The van der Waals surface area contributed by atoms with Gasteiger partial charge in [0.1, 0.15) is 5.41 Å². The Morgan fingerprint density at radius 2 is 1.60 bits per heavy atom. The van der Waals surface area contributed by atoms with Crippen LogP contribution in [0.5, 0.6) is 0 Å². The highest BCUT2D eigenvalue weighted by molar-refractivity contribution is 6.13. The molecule has 2 aliphatic heterocycles. The molecule has 2 saturated heterocycles. The van der Waals surface area contributed by atoms with Gasteiger partial charge in [-0.3, -0.25) is 9.59 Å². The monoisotopic (exact) mass is 344 g/mol. The number of anilines is 1. The molecule has 0 N–H and O–H groups in total. The first-order valence-electron chi connectivity index (χ1n) is 8.97. The molecule has 0 radical (unpaired) electrons. The van der Waals surface area contributed by atoms with Crippen LogP contribution in [0, 0.1) is 5.41 Å². The zero-order chi connectivity index (χ0) is 17.5. The summed E-state index contributed by atoms with van der Waals surface area (Å²) < 4.78 is 11.4. The number of piperidine rings is 1. The zero-order valence-corrected chi connectivity index (χ0v) is 14.6. The lowest BCUT2D eigenvalue weighted by Crippen LogP contribution is -2.52. The number of nitrogens with zero attached hydrogens (tertiary/aromatic N) is 2. The van der Waals surface area contributed by atoms with E-state index in [9.17, 15) is 9.59 Å². The van der Waals surface area contributed by atoms with Gasteiger partial charge in [0.15, 0.2) is 5.79 Å². The summed E-state index contributed by atoms with van der Waals surface area (Å²) in [7, 11) is 1.75. The molecule has 1 spiro atoms. The first-order valence-corrected chi connectivity index (χ1v) is 8.97. The molecule has 6 heteroatoms. The molecular formula is C19H24N2O4. The van der Waals surface area contributed by atoms with Gasteiger partial charge in [-0.05, 0) is 25.0 Å². The highest BCUT2D eigenvalue weighted by Crippen LogP contribution is 2.50. The Morgan fingerprint density at radius 3 is 2.16 bits per heavy atom. The summed E-state index contributed by atoms with van der Waals surface area (Å²) in [6, 6.07) is 9.48. The predicted octanol–water partition coefficient (Wildman–Crippen LogP) is 1.80. The maximum Gasteiger partial charge on any atom is 0.242 e. The van der Waals surface area contributed by atoms with E-state index >= 15 is 0 Å². The number of benzene rings is 1. The number of carbonyl (C=O) groups is 2. The van der Waals surface area contributed by atoms with Crippen molar-refractivity contribution >= 4 is 17.5 Å². The molecule has 4 rings (SSSR count). The molecule has 1 aromatic rings. The second kappa shape index (κ2) is 6.11. The zero-order valence-electron chi connectivity index (χ0n) is 14.6. The molecule has 1 saturated carbocycles. The summed E-state index contributed by atoms with van der Waals surface area (Å²) in [6.45, 7) is 2.42. The molecule has 0 bridgehead atoms. The lowest BCUT2D eigenvalue weighted by molar-refractivity contribution is -0.188. The summed E-state index contributed by atoms with van der Waals surface area (Å²) >= 11 is 0. The van der Waals surface area contributed by atoms with Crippen LogP contribution < -0.4 is 4.90 Å². The lowest BCUT2D eigenvalue weighted by atomic mass is 9.98. The van der Waals surface area contributed by atoms with Gasteiger partial charge in [0.05, 0.1) is 13.2 Å². The lowest BCUT2D eigenvalue weighted by Gasteiger charge is -2.39. The van der Waals surface area contributed by atoms with Gasteiger partial charge >= 0.3 is 0 Å². The van der Waals surface area contributed by atoms with Gasteiger partial charge in [-0.2, -0.15) is 0 Å². The van der Waals surface area contributed by atoms with Crippen LogP contribution in [-0.2, 0) is 19.1 Å². The Kier molecular flexibility index (Phi) is 4.04. The maximum absolute atomic E-state index is 13.1. The van der Waals surface area contributed by atoms with Crippen molar-refractivity contribution in [2.45, 2.75) is 31.5 Å². The summed E-state index contributed by atoms with van der Waals surface area (Å²) in [4.78, 5) is 29.5. The minimum Gasteiger partial charge on any atom is -0.347 e. The Labute approximate surface area is 147 Å². The number of amides is 2. The van der Waals surface area contributed by atoms with E-state index < -0.39 is 11.2 Å². The number of likely N-dealkylation sites (tertiary alicyclic amines) is 1. The third-order valence-corrected chi connectivity index (χ3v) is 5.64. The van der Waals surface area contributed by atoms with Crippen LogP contribution in [0.25, 0.3) is 0 Å². The molecule has 1 aliphatic carbocycles.